The van der Waals surface area contributed by atoms with Crippen molar-refractivity contribution in [2.75, 3.05) is 26.8 Å². The Labute approximate surface area is 138 Å². The zero-order chi connectivity index (χ0) is 14.1. The number of halogens is 2. The number of carbonyl (C=O) groups is 1. The van der Waals surface area contributed by atoms with Crippen LogP contribution in [0.1, 0.15) is 19.7 Å². The van der Waals surface area contributed by atoms with Crippen molar-refractivity contribution >= 4 is 30.7 Å². The van der Waals surface area contributed by atoms with Crippen molar-refractivity contribution < 1.29 is 9.53 Å². The van der Waals surface area contributed by atoms with E-state index in [-0.39, 0.29) is 30.7 Å². The van der Waals surface area contributed by atoms with Gasteiger partial charge in [-0.3, -0.25) is 4.79 Å². The predicted molar refractivity (Wildman–Crippen MR) is 88.2 cm³/mol. The summed E-state index contributed by atoms with van der Waals surface area (Å²) in [6, 6.07) is 0. The monoisotopic (exact) mass is 340 g/mol. The third-order valence-corrected chi connectivity index (χ3v) is 2.58. The summed E-state index contributed by atoms with van der Waals surface area (Å²) < 4.78 is 6.96. The Morgan fingerprint density at radius 3 is 2.76 bits per heavy atom. The summed E-state index contributed by atoms with van der Waals surface area (Å²) in [5, 5.41) is 5.85. The van der Waals surface area contributed by atoms with E-state index in [0.717, 1.165) is 12.4 Å². The molecule has 0 saturated heterocycles. The summed E-state index contributed by atoms with van der Waals surface area (Å²) in [6.45, 7) is 7.26. The molecule has 21 heavy (non-hydrogen) atoms. The van der Waals surface area contributed by atoms with Gasteiger partial charge in [0.2, 0.25) is 5.91 Å². The van der Waals surface area contributed by atoms with Gasteiger partial charge >= 0.3 is 0 Å². The summed E-state index contributed by atoms with van der Waals surface area (Å²) in [6.07, 6.45) is 3.71. The molecule has 0 aliphatic rings. The van der Waals surface area contributed by atoms with Gasteiger partial charge in [-0.15, -0.1) is 24.8 Å². The molecule has 0 aliphatic carbocycles. The van der Waals surface area contributed by atoms with Gasteiger partial charge in [-0.05, 0) is 5.92 Å². The fraction of sp³-hybridized carbons (Fsp3) is 0.692. The molecule has 0 radical (unpaired) electrons. The molecule has 2 N–H and O–H groups in total. The lowest BCUT2D eigenvalue weighted by atomic mass is 10.2. The Kier molecular flexibility index (Phi) is 13.8. The third-order valence-electron chi connectivity index (χ3n) is 2.58. The van der Waals surface area contributed by atoms with E-state index in [2.05, 4.69) is 34.0 Å². The first kappa shape index (κ1) is 22.5. The van der Waals surface area contributed by atoms with Crippen molar-refractivity contribution in [3.63, 3.8) is 0 Å². The number of hydrogen-bond acceptors (Lipinski definition) is 4. The molecule has 0 spiro atoms. The topological polar surface area (TPSA) is 68.2 Å². The predicted octanol–water partition coefficient (Wildman–Crippen LogP) is 1.23. The third kappa shape index (κ3) is 9.68. The molecule has 0 aliphatic heterocycles. The second kappa shape index (κ2) is 12.9. The van der Waals surface area contributed by atoms with Gasteiger partial charge in [0.25, 0.3) is 0 Å². The average Bonchev–Trinajstić information content (AvgIpc) is 2.78. The lowest BCUT2D eigenvalue weighted by Crippen LogP contribution is -2.35. The quantitative estimate of drug-likeness (QED) is 0.663. The van der Waals surface area contributed by atoms with Crippen molar-refractivity contribution in [2.24, 2.45) is 5.92 Å². The molecular formula is C13H26Cl2N4O2. The first-order chi connectivity index (χ1) is 9.13. The number of amides is 1. The first-order valence-electron chi connectivity index (χ1n) is 6.59. The Balaban J connectivity index is 0. The Morgan fingerprint density at radius 2 is 2.14 bits per heavy atom. The second-order valence-electron chi connectivity index (χ2n) is 4.84. The molecular weight excluding hydrogens is 315 g/mol. The summed E-state index contributed by atoms with van der Waals surface area (Å²) in [5.74, 6) is 1.41. The summed E-state index contributed by atoms with van der Waals surface area (Å²) in [4.78, 5) is 15.8. The summed E-state index contributed by atoms with van der Waals surface area (Å²) >= 11 is 0. The van der Waals surface area contributed by atoms with E-state index in [9.17, 15) is 4.79 Å². The molecule has 124 valence electrons. The SMILES string of the molecule is COCCNCC(=O)NCc1nccn1CC(C)C.Cl.Cl. The average molecular weight is 341 g/mol. The maximum Gasteiger partial charge on any atom is 0.234 e. The highest BCUT2D eigenvalue weighted by Gasteiger charge is 2.06. The minimum Gasteiger partial charge on any atom is -0.383 e. The Morgan fingerprint density at radius 1 is 1.43 bits per heavy atom. The molecule has 1 aromatic rings. The second-order valence-corrected chi connectivity index (χ2v) is 4.84. The molecule has 0 saturated carbocycles. The molecule has 1 heterocycles. The van der Waals surface area contributed by atoms with Gasteiger partial charge in [-0.2, -0.15) is 0 Å². The first-order valence-corrected chi connectivity index (χ1v) is 6.59. The number of nitrogens with one attached hydrogen (secondary N) is 2. The number of rotatable bonds is 9. The maximum atomic E-state index is 11.6. The van der Waals surface area contributed by atoms with E-state index in [1.165, 1.54) is 0 Å². The summed E-state index contributed by atoms with van der Waals surface area (Å²) in [7, 11) is 1.64. The Bertz CT molecular complexity index is 386. The Hall–Kier alpha value is -0.820. The molecule has 0 unspecified atom stereocenters. The van der Waals surface area contributed by atoms with Gasteiger partial charge in [0.15, 0.2) is 0 Å². The van der Waals surface area contributed by atoms with Crippen LogP contribution in [-0.2, 0) is 22.6 Å². The van der Waals surface area contributed by atoms with E-state index in [4.69, 9.17) is 4.74 Å². The van der Waals surface area contributed by atoms with Crippen molar-refractivity contribution in [1.29, 1.82) is 0 Å². The highest BCUT2D eigenvalue weighted by molar-refractivity contribution is 5.85. The molecule has 6 nitrogen and oxygen atoms in total. The highest BCUT2D eigenvalue weighted by Crippen LogP contribution is 2.03. The van der Waals surface area contributed by atoms with Gasteiger partial charge in [0, 0.05) is 32.6 Å². The smallest absolute Gasteiger partial charge is 0.234 e. The van der Waals surface area contributed by atoms with E-state index in [0.29, 0.717) is 32.2 Å². The number of ether oxygens (including phenoxy) is 1. The van der Waals surface area contributed by atoms with Gasteiger partial charge < -0.3 is 19.9 Å². The van der Waals surface area contributed by atoms with E-state index < -0.39 is 0 Å². The van der Waals surface area contributed by atoms with Gasteiger partial charge in [0.05, 0.1) is 19.7 Å². The van der Waals surface area contributed by atoms with Crippen molar-refractivity contribution in [1.82, 2.24) is 20.2 Å². The molecule has 0 fully saturated rings. The van der Waals surface area contributed by atoms with Crippen LogP contribution >= 0.6 is 24.8 Å². The lowest BCUT2D eigenvalue weighted by Gasteiger charge is -2.11. The van der Waals surface area contributed by atoms with Gasteiger partial charge in [-0.1, -0.05) is 13.8 Å². The number of nitrogens with zero attached hydrogens (tertiary/aromatic N) is 2. The molecule has 0 aromatic carbocycles. The van der Waals surface area contributed by atoms with E-state index >= 15 is 0 Å². The van der Waals surface area contributed by atoms with Crippen molar-refractivity contribution in [3.8, 4) is 0 Å². The largest absolute Gasteiger partial charge is 0.383 e. The van der Waals surface area contributed by atoms with Crippen LogP contribution in [-0.4, -0.2) is 42.3 Å². The van der Waals surface area contributed by atoms with Crippen molar-refractivity contribution in [3.05, 3.63) is 18.2 Å². The molecule has 0 bridgehead atoms. The van der Waals surface area contributed by atoms with Gasteiger partial charge in [-0.25, -0.2) is 4.98 Å². The number of aromatic nitrogens is 2. The van der Waals surface area contributed by atoms with E-state index in [1.807, 2.05) is 6.20 Å². The van der Waals surface area contributed by atoms with Crippen molar-refractivity contribution in [2.45, 2.75) is 26.9 Å². The van der Waals surface area contributed by atoms with Crippen LogP contribution < -0.4 is 10.6 Å². The number of imidazole rings is 1. The maximum absolute atomic E-state index is 11.6. The standard InChI is InChI=1S/C13H24N4O2.2ClH/c1-11(2)10-17-6-4-15-12(17)8-16-13(18)9-14-5-7-19-3;;/h4,6,11,14H,5,7-10H2,1-3H3,(H,16,18);2*1H. The van der Waals surface area contributed by atoms with Crippen LogP contribution in [0, 0.1) is 5.92 Å². The fourth-order valence-corrected chi connectivity index (χ4v) is 1.68. The minimum atomic E-state index is -0.0322. The number of methoxy groups -OCH3 is 1. The molecule has 1 aromatic heterocycles. The zero-order valence-corrected chi connectivity index (χ0v) is 14.4. The number of hydrogen-bond donors (Lipinski definition) is 2. The molecule has 8 heteroatoms. The lowest BCUT2D eigenvalue weighted by molar-refractivity contribution is -0.120. The normalized spacial score (nSPS) is 9.90. The van der Waals surface area contributed by atoms with Crippen LogP contribution in [0.3, 0.4) is 0 Å². The molecule has 1 amide bonds. The van der Waals surface area contributed by atoms with E-state index in [1.54, 1.807) is 13.3 Å². The van der Waals surface area contributed by atoms with Gasteiger partial charge in [0.1, 0.15) is 5.82 Å². The fourth-order valence-electron chi connectivity index (χ4n) is 1.68. The molecule has 0 atom stereocenters. The highest BCUT2D eigenvalue weighted by atomic mass is 35.5. The summed E-state index contributed by atoms with van der Waals surface area (Å²) in [5.41, 5.74) is 0. The number of carbonyl (C=O) groups excluding carboxylic acids is 1. The van der Waals surface area contributed by atoms with Crippen LogP contribution in [0.15, 0.2) is 12.4 Å². The minimum absolute atomic E-state index is 0. The molecule has 1 rings (SSSR count). The van der Waals surface area contributed by atoms with Crippen LogP contribution in [0.4, 0.5) is 0 Å². The van der Waals surface area contributed by atoms with Crippen LogP contribution in [0.5, 0.6) is 0 Å². The van der Waals surface area contributed by atoms with Crippen LogP contribution in [0.25, 0.3) is 0 Å². The van der Waals surface area contributed by atoms with Crippen LogP contribution in [0.2, 0.25) is 0 Å². The zero-order valence-electron chi connectivity index (χ0n) is 12.8.